The number of hydrogen-bond acceptors (Lipinski definition) is 3. The Morgan fingerprint density at radius 3 is 2.71 bits per heavy atom. The van der Waals surface area contributed by atoms with Crippen LogP contribution in [0.15, 0.2) is 53.2 Å². The van der Waals surface area contributed by atoms with Crippen molar-refractivity contribution in [3.63, 3.8) is 0 Å². The Hall–Kier alpha value is -2.13. The number of benzene rings is 1. The maximum absolute atomic E-state index is 6.05. The molecule has 0 fully saturated rings. The van der Waals surface area contributed by atoms with E-state index in [1.54, 1.807) is 0 Å². The topological polar surface area (TPSA) is 38.1 Å². The van der Waals surface area contributed by atoms with E-state index in [4.69, 9.17) is 4.42 Å². The molecule has 3 aromatic rings. The average Bonchev–Trinajstić information content (AvgIpc) is 2.91. The van der Waals surface area contributed by atoms with Crippen molar-refractivity contribution in [2.75, 3.05) is 6.54 Å². The molecule has 0 aliphatic rings. The summed E-state index contributed by atoms with van der Waals surface area (Å²) >= 11 is 0. The van der Waals surface area contributed by atoms with Crippen LogP contribution in [0, 0.1) is 6.92 Å². The summed E-state index contributed by atoms with van der Waals surface area (Å²) in [6.45, 7) is 5.21. The maximum Gasteiger partial charge on any atom is 0.134 e. The number of fused-ring (bicyclic) bond motifs is 1. The van der Waals surface area contributed by atoms with Crippen LogP contribution in [0.3, 0.4) is 0 Å². The van der Waals surface area contributed by atoms with E-state index in [-0.39, 0.29) is 6.04 Å². The first-order valence-electron chi connectivity index (χ1n) is 7.41. The van der Waals surface area contributed by atoms with Crippen molar-refractivity contribution in [2.24, 2.45) is 0 Å². The number of furan rings is 1. The number of nitrogens with zero attached hydrogens (tertiary/aromatic N) is 1. The molecular formula is C18H20N2O. The SMILES string of the molecule is CCCNC(c1ccncc1)c1cc2cc(C)ccc2o1. The number of aromatic nitrogens is 1. The Kier molecular flexibility index (Phi) is 4.02. The van der Waals surface area contributed by atoms with E-state index in [1.165, 1.54) is 11.1 Å². The van der Waals surface area contributed by atoms with Crippen molar-refractivity contribution in [3.05, 3.63) is 65.7 Å². The van der Waals surface area contributed by atoms with Gasteiger partial charge in [-0.15, -0.1) is 0 Å². The molecule has 2 heterocycles. The summed E-state index contributed by atoms with van der Waals surface area (Å²) in [5.74, 6) is 0.954. The van der Waals surface area contributed by atoms with Gasteiger partial charge < -0.3 is 9.73 Å². The molecule has 0 radical (unpaired) electrons. The monoisotopic (exact) mass is 280 g/mol. The second-order valence-electron chi connectivity index (χ2n) is 5.36. The van der Waals surface area contributed by atoms with Crippen molar-refractivity contribution in [1.82, 2.24) is 10.3 Å². The van der Waals surface area contributed by atoms with Crippen LogP contribution in [0.5, 0.6) is 0 Å². The molecule has 1 atom stereocenters. The van der Waals surface area contributed by atoms with Crippen LogP contribution < -0.4 is 5.32 Å². The first-order chi connectivity index (χ1) is 10.3. The van der Waals surface area contributed by atoms with E-state index in [9.17, 15) is 0 Å². The highest BCUT2D eigenvalue weighted by atomic mass is 16.3. The summed E-state index contributed by atoms with van der Waals surface area (Å²) in [7, 11) is 0. The highest BCUT2D eigenvalue weighted by Gasteiger charge is 2.17. The lowest BCUT2D eigenvalue weighted by Gasteiger charge is -2.16. The molecule has 0 spiro atoms. The van der Waals surface area contributed by atoms with E-state index < -0.39 is 0 Å². The normalized spacial score (nSPS) is 12.7. The molecule has 21 heavy (non-hydrogen) atoms. The Morgan fingerprint density at radius 2 is 1.95 bits per heavy atom. The highest BCUT2D eigenvalue weighted by molar-refractivity contribution is 5.78. The number of nitrogens with one attached hydrogen (secondary N) is 1. The molecule has 3 nitrogen and oxygen atoms in total. The van der Waals surface area contributed by atoms with Crippen LogP contribution in [-0.4, -0.2) is 11.5 Å². The van der Waals surface area contributed by atoms with Gasteiger partial charge in [0.25, 0.3) is 0 Å². The fourth-order valence-electron chi connectivity index (χ4n) is 2.55. The van der Waals surface area contributed by atoms with Gasteiger partial charge >= 0.3 is 0 Å². The molecule has 0 aliphatic carbocycles. The summed E-state index contributed by atoms with van der Waals surface area (Å²) in [5, 5.41) is 4.71. The van der Waals surface area contributed by atoms with Gasteiger partial charge in [0.05, 0.1) is 6.04 Å². The summed E-state index contributed by atoms with van der Waals surface area (Å²) in [5.41, 5.74) is 3.36. The van der Waals surface area contributed by atoms with E-state index in [2.05, 4.69) is 42.3 Å². The molecular weight excluding hydrogens is 260 g/mol. The van der Waals surface area contributed by atoms with E-state index in [1.807, 2.05) is 30.6 Å². The van der Waals surface area contributed by atoms with Gasteiger partial charge in [0.15, 0.2) is 0 Å². The van der Waals surface area contributed by atoms with Crippen molar-refractivity contribution < 1.29 is 4.42 Å². The second-order valence-corrected chi connectivity index (χ2v) is 5.36. The molecule has 1 N–H and O–H groups in total. The fourth-order valence-corrected chi connectivity index (χ4v) is 2.55. The van der Waals surface area contributed by atoms with Crippen LogP contribution in [0.1, 0.15) is 36.3 Å². The third-order valence-electron chi connectivity index (χ3n) is 3.61. The Bertz CT molecular complexity index is 718. The minimum absolute atomic E-state index is 0.0701. The number of hydrogen-bond donors (Lipinski definition) is 1. The van der Waals surface area contributed by atoms with Crippen LogP contribution in [-0.2, 0) is 0 Å². The molecule has 3 heteroatoms. The molecule has 1 aromatic carbocycles. The predicted octanol–water partition coefficient (Wildman–Crippen LogP) is 4.23. The molecule has 0 bridgehead atoms. The van der Waals surface area contributed by atoms with Gasteiger partial charge in [-0.2, -0.15) is 0 Å². The molecule has 0 saturated carbocycles. The predicted molar refractivity (Wildman–Crippen MR) is 85.3 cm³/mol. The van der Waals surface area contributed by atoms with Gasteiger partial charge in [-0.1, -0.05) is 18.6 Å². The Balaban J connectivity index is 2.01. The minimum atomic E-state index is 0.0701. The van der Waals surface area contributed by atoms with Crippen LogP contribution in [0.25, 0.3) is 11.0 Å². The molecule has 1 unspecified atom stereocenters. The zero-order valence-corrected chi connectivity index (χ0v) is 12.5. The largest absolute Gasteiger partial charge is 0.459 e. The van der Waals surface area contributed by atoms with E-state index in [0.29, 0.717) is 0 Å². The first kappa shape index (κ1) is 13.8. The zero-order valence-electron chi connectivity index (χ0n) is 12.5. The fraction of sp³-hybridized carbons (Fsp3) is 0.278. The quantitative estimate of drug-likeness (QED) is 0.760. The van der Waals surface area contributed by atoms with Gasteiger partial charge in [0, 0.05) is 17.8 Å². The zero-order chi connectivity index (χ0) is 14.7. The van der Waals surface area contributed by atoms with Crippen molar-refractivity contribution >= 4 is 11.0 Å². The third kappa shape index (κ3) is 2.98. The van der Waals surface area contributed by atoms with Gasteiger partial charge in [0.1, 0.15) is 11.3 Å². The summed E-state index contributed by atoms with van der Waals surface area (Å²) in [4.78, 5) is 4.10. The average molecular weight is 280 g/mol. The molecule has 108 valence electrons. The smallest absolute Gasteiger partial charge is 0.134 e. The van der Waals surface area contributed by atoms with Gasteiger partial charge in [0.2, 0.25) is 0 Å². The van der Waals surface area contributed by atoms with Gasteiger partial charge in [-0.05, 0) is 55.8 Å². The van der Waals surface area contributed by atoms with Crippen molar-refractivity contribution in [3.8, 4) is 0 Å². The lowest BCUT2D eigenvalue weighted by atomic mass is 10.1. The van der Waals surface area contributed by atoms with E-state index >= 15 is 0 Å². The van der Waals surface area contributed by atoms with Gasteiger partial charge in [-0.25, -0.2) is 0 Å². The molecule has 3 rings (SSSR count). The number of aryl methyl sites for hydroxylation is 1. The number of pyridine rings is 1. The molecule has 0 saturated heterocycles. The lowest BCUT2D eigenvalue weighted by Crippen LogP contribution is -2.22. The molecule has 2 aromatic heterocycles. The van der Waals surface area contributed by atoms with Crippen LogP contribution >= 0.6 is 0 Å². The maximum atomic E-state index is 6.05. The summed E-state index contributed by atoms with van der Waals surface area (Å²) in [6.07, 6.45) is 4.73. The molecule has 0 aliphatic heterocycles. The third-order valence-corrected chi connectivity index (χ3v) is 3.61. The van der Waals surface area contributed by atoms with Crippen molar-refractivity contribution in [2.45, 2.75) is 26.3 Å². The summed E-state index contributed by atoms with van der Waals surface area (Å²) in [6, 6.07) is 12.5. The van der Waals surface area contributed by atoms with Crippen molar-refractivity contribution in [1.29, 1.82) is 0 Å². The number of rotatable bonds is 5. The lowest BCUT2D eigenvalue weighted by molar-refractivity contribution is 0.469. The van der Waals surface area contributed by atoms with Crippen LogP contribution in [0.2, 0.25) is 0 Å². The van der Waals surface area contributed by atoms with Gasteiger partial charge in [-0.3, -0.25) is 4.98 Å². The van der Waals surface area contributed by atoms with Crippen LogP contribution in [0.4, 0.5) is 0 Å². The van der Waals surface area contributed by atoms with E-state index in [0.717, 1.165) is 29.7 Å². The first-order valence-corrected chi connectivity index (χ1v) is 7.41. The Labute approximate surface area is 125 Å². The standard InChI is InChI=1S/C18H20N2O/c1-3-8-20-18(14-6-9-19-10-7-14)17-12-15-11-13(2)4-5-16(15)21-17/h4-7,9-12,18,20H,3,8H2,1-2H3. The Morgan fingerprint density at radius 1 is 1.14 bits per heavy atom. The minimum Gasteiger partial charge on any atom is -0.459 e. The molecule has 0 amide bonds. The summed E-state index contributed by atoms with van der Waals surface area (Å²) < 4.78 is 6.05. The second kappa shape index (κ2) is 6.10. The highest BCUT2D eigenvalue weighted by Crippen LogP contribution is 2.28.